The highest BCUT2D eigenvalue weighted by atomic mass is 79.9. The van der Waals surface area contributed by atoms with Gasteiger partial charge in [0.25, 0.3) is 0 Å². The SMILES string of the molecule is Cc1cc(Br)cc(C)c1CO[Si](C)(C)C(C)(C)C. The van der Waals surface area contributed by atoms with Gasteiger partial charge < -0.3 is 4.43 Å². The van der Waals surface area contributed by atoms with Crippen molar-refractivity contribution in [1.29, 1.82) is 0 Å². The quantitative estimate of drug-likeness (QED) is 0.657. The van der Waals surface area contributed by atoms with Crippen molar-refractivity contribution in [2.75, 3.05) is 0 Å². The molecule has 0 heterocycles. The van der Waals surface area contributed by atoms with Gasteiger partial charge in [0.1, 0.15) is 0 Å². The minimum Gasteiger partial charge on any atom is -0.413 e. The van der Waals surface area contributed by atoms with Crippen LogP contribution in [0, 0.1) is 13.8 Å². The minimum atomic E-state index is -1.66. The lowest BCUT2D eigenvalue weighted by molar-refractivity contribution is 0.275. The summed E-state index contributed by atoms with van der Waals surface area (Å²) < 4.78 is 7.45. The van der Waals surface area contributed by atoms with Crippen molar-refractivity contribution in [1.82, 2.24) is 0 Å². The molecule has 1 aromatic carbocycles. The number of halogens is 1. The topological polar surface area (TPSA) is 9.23 Å². The third-order valence-corrected chi connectivity index (χ3v) is 8.98. The molecule has 0 aliphatic carbocycles. The Kier molecular flexibility index (Phi) is 4.85. The van der Waals surface area contributed by atoms with Crippen LogP contribution in [0.5, 0.6) is 0 Å². The molecule has 0 atom stereocenters. The van der Waals surface area contributed by atoms with Gasteiger partial charge in [0, 0.05) is 4.47 Å². The molecule has 0 saturated heterocycles. The molecule has 1 nitrogen and oxygen atoms in total. The Labute approximate surface area is 121 Å². The number of aryl methyl sites for hydroxylation is 2. The van der Waals surface area contributed by atoms with E-state index in [2.05, 4.69) is 75.8 Å². The average Bonchev–Trinajstić information content (AvgIpc) is 2.13. The molecule has 0 amide bonds. The highest BCUT2D eigenvalue weighted by molar-refractivity contribution is 9.10. The van der Waals surface area contributed by atoms with Crippen molar-refractivity contribution in [3.8, 4) is 0 Å². The summed E-state index contributed by atoms with van der Waals surface area (Å²) in [5, 5.41) is 0.268. The summed E-state index contributed by atoms with van der Waals surface area (Å²) >= 11 is 3.54. The van der Waals surface area contributed by atoms with E-state index in [1.54, 1.807) is 0 Å². The van der Waals surface area contributed by atoms with Gasteiger partial charge >= 0.3 is 0 Å². The van der Waals surface area contributed by atoms with E-state index in [4.69, 9.17) is 4.43 Å². The Morgan fingerprint density at radius 1 is 1.11 bits per heavy atom. The van der Waals surface area contributed by atoms with Crippen molar-refractivity contribution < 1.29 is 4.43 Å². The first-order chi connectivity index (χ1) is 8.04. The molecule has 18 heavy (non-hydrogen) atoms. The first kappa shape index (κ1) is 15.9. The van der Waals surface area contributed by atoms with Gasteiger partial charge in [0.15, 0.2) is 8.32 Å². The second-order valence-electron chi connectivity index (χ2n) is 6.57. The molecule has 0 aliphatic heterocycles. The second kappa shape index (κ2) is 5.47. The predicted molar refractivity (Wildman–Crippen MR) is 85.6 cm³/mol. The van der Waals surface area contributed by atoms with Crippen molar-refractivity contribution in [2.24, 2.45) is 0 Å². The van der Waals surface area contributed by atoms with Crippen molar-refractivity contribution in [3.63, 3.8) is 0 Å². The maximum absolute atomic E-state index is 6.31. The van der Waals surface area contributed by atoms with Gasteiger partial charge in [-0.3, -0.25) is 0 Å². The fraction of sp³-hybridized carbons (Fsp3) is 0.600. The van der Waals surface area contributed by atoms with E-state index in [0.717, 1.165) is 11.1 Å². The van der Waals surface area contributed by atoms with Gasteiger partial charge in [-0.15, -0.1) is 0 Å². The number of benzene rings is 1. The second-order valence-corrected chi connectivity index (χ2v) is 12.3. The summed E-state index contributed by atoms with van der Waals surface area (Å²) in [6.07, 6.45) is 0. The molecular formula is C15H25BrOSi. The molecule has 1 aromatic rings. The van der Waals surface area contributed by atoms with Crippen molar-refractivity contribution in [2.45, 2.75) is 59.4 Å². The number of rotatable bonds is 3. The van der Waals surface area contributed by atoms with Crippen LogP contribution in [0.1, 0.15) is 37.5 Å². The Balaban J connectivity index is 2.88. The third kappa shape index (κ3) is 3.69. The van der Waals surface area contributed by atoms with Gasteiger partial charge in [-0.05, 0) is 60.8 Å². The van der Waals surface area contributed by atoms with Gasteiger partial charge in [0.05, 0.1) is 6.61 Å². The zero-order chi connectivity index (χ0) is 14.1. The summed E-state index contributed by atoms with van der Waals surface area (Å²) in [6.45, 7) is 16.5. The van der Waals surface area contributed by atoms with Gasteiger partial charge in [-0.2, -0.15) is 0 Å². The fourth-order valence-electron chi connectivity index (χ4n) is 1.64. The predicted octanol–water partition coefficient (Wildman–Crippen LogP) is 5.59. The lowest BCUT2D eigenvalue weighted by atomic mass is 10.0. The Morgan fingerprint density at radius 3 is 1.94 bits per heavy atom. The summed E-state index contributed by atoms with van der Waals surface area (Å²) in [4.78, 5) is 0. The van der Waals surface area contributed by atoms with Gasteiger partial charge in [-0.25, -0.2) is 0 Å². The van der Waals surface area contributed by atoms with Crippen molar-refractivity contribution in [3.05, 3.63) is 33.3 Å². The molecule has 1 rings (SSSR count). The summed E-state index contributed by atoms with van der Waals surface area (Å²) in [6, 6.07) is 4.33. The fourth-order valence-corrected chi connectivity index (χ4v) is 3.26. The summed E-state index contributed by atoms with van der Waals surface area (Å²) in [5.41, 5.74) is 3.95. The van der Waals surface area contributed by atoms with Crippen molar-refractivity contribution >= 4 is 24.2 Å². The molecule has 102 valence electrons. The van der Waals surface area contributed by atoms with Crippen LogP contribution in [-0.4, -0.2) is 8.32 Å². The van der Waals surface area contributed by atoms with E-state index >= 15 is 0 Å². The Morgan fingerprint density at radius 2 is 1.56 bits per heavy atom. The van der Waals surface area contributed by atoms with E-state index in [1.807, 2.05) is 0 Å². The summed E-state index contributed by atoms with van der Waals surface area (Å²) in [5.74, 6) is 0. The molecule has 3 heteroatoms. The Hall–Kier alpha value is -0.123. The van der Waals surface area contributed by atoms with Crippen LogP contribution in [0.15, 0.2) is 16.6 Å². The molecule has 0 aliphatic rings. The zero-order valence-electron chi connectivity index (χ0n) is 12.6. The normalized spacial score (nSPS) is 12.9. The monoisotopic (exact) mass is 328 g/mol. The standard InChI is InChI=1S/C15H25BrOSi/c1-11-8-13(16)9-12(2)14(11)10-17-18(6,7)15(3,4)5/h8-9H,10H2,1-7H3. The molecule has 0 fully saturated rings. The largest absolute Gasteiger partial charge is 0.413 e. The molecule has 0 aromatic heterocycles. The van der Waals surface area contributed by atoms with Crippen LogP contribution in [0.2, 0.25) is 18.1 Å². The minimum absolute atomic E-state index is 0.268. The molecule has 0 bridgehead atoms. The highest BCUT2D eigenvalue weighted by Crippen LogP contribution is 2.37. The van der Waals surface area contributed by atoms with Gasteiger partial charge in [0.2, 0.25) is 0 Å². The van der Waals surface area contributed by atoms with E-state index in [9.17, 15) is 0 Å². The molecular weight excluding hydrogens is 304 g/mol. The lowest BCUT2D eigenvalue weighted by Crippen LogP contribution is -2.40. The zero-order valence-corrected chi connectivity index (χ0v) is 15.2. The van der Waals surface area contributed by atoms with Crippen LogP contribution in [0.4, 0.5) is 0 Å². The highest BCUT2D eigenvalue weighted by Gasteiger charge is 2.37. The first-order valence-electron chi connectivity index (χ1n) is 6.44. The summed E-state index contributed by atoms with van der Waals surface area (Å²) in [7, 11) is -1.66. The molecule has 0 saturated carbocycles. The Bertz CT molecular complexity index is 410. The lowest BCUT2D eigenvalue weighted by Gasteiger charge is -2.36. The smallest absolute Gasteiger partial charge is 0.192 e. The van der Waals surface area contributed by atoms with Gasteiger partial charge in [-0.1, -0.05) is 36.7 Å². The molecule has 0 unspecified atom stereocenters. The van der Waals surface area contributed by atoms with E-state index < -0.39 is 8.32 Å². The van der Waals surface area contributed by atoms with Crippen LogP contribution in [-0.2, 0) is 11.0 Å². The molecule has 0 N–H and O–H groups in total. The van der Waals surface area contributed by atoms with Crippen LogP contribution >= 0.6 is 15.9 Å². The maximum Gasteiger partial charge on any atom is 0.192 e. The van der Waals surface area contributed by atoms with E-state index in [1.165, 1.54) is 16.7 Å². The maximum atomic E-state index is 6.31. The molecule has 0 radical (unpaired) electrons. The van der Waals surface area contributed by atoms with E-state index in [-0.39, 0.29) is 5.04 Å². The number of hydrogen-bond acceptors (Lipinski definition) is 1. The first-order valence-corrected chi connectivity index (χ1v) is 10.1. The number of hydrogen-bond donors (Lipinski definition) is 0. The van der Waals surface area contributed by atoms with Crippen LogP contribution in [0.25, 0.3) is 0 Å². The third-order valence-electron chi connectivity index (χ3n) is 4.04. The molecule has 0 spiro atoms. The average molecular weight is 329 g/mol. The van der Waals surface area contributed by atoms with E-state index in [0.29, 0.717) is 0 Å². The van der Waals surface area contributed by atoms with Crippen LogP contribution < -0.4 is 0 Å². The van der Waals surface area contributed by atoms with Crippen LogP contribution in [0.3, 0.4) is 0 Å².